The van der Waals surface area contributed by atoms with Gasteiger partial charge in [0.1, 0.15) is 5.92 Å². The fourth-order valence-electron chi connectivity index (χ4n) is 2.22. The van der Waals surface area contributed by atoms with Crippen molar-refractivity contribution in [3.05, 3.63) is 35.4 Å². The molecule has 1 N–H and O–H groups in total. The lowest BCUT2D eigenvalue weighted by Gasteiger charge is -2.21. The quantitative estimate of drug-likeness (QED) is 0.823. The number of aromatic nitrogens is 3. The van der Waals surface area contributed by atoms with Gasteiger partial charge in [-0.25, -0.2) is 0 Å². The van der Waals surface area contributed by atoms with E-state index in [-0.39, 0.29) is 12.0 Å². The molecule has 0 aliphatic carbocycles. The molecule has 1 aliphatic heterocycles. The monoisotopic (exact) mass is 272 g/mol. The lowest BCUT2D eigenvalue weighted by Crippen LogP contribution is -2.38. The van der Waals surface area contributed by atoms with Gasteiger partial charge in [0.2, 0.25) is 11.9 Å². The molecule has 0 fully saturated rings. The van der Waals surface area contributed by atoms with Crippen LogP contribution in [0.4, 0.5) is 5.95 Å². The molecule has 0 bridgehead atoms. The van der Waals surface area contributed by atoms with Crippen LogP contribution in [0, 0.1) is 6.92 Å². The van der Waals surface area contributed by atoms with Crippen LogP contribution in [-0.2, 0) is 4.79 Å². The Bertz CT molecular complexity index is 707. The average Bonchev–Trinajstić information content (AvgIpc) is 2.84. The van der Waals surface area contributed by atoms with Crippen molar-refractivity contribution in [3.8, 4) is 6.01 Å². The number of methoxy groups -OCH3 is 1. The first-order valence-corrected chi connectivity index (χ1v) is 6.03. The van der Waals surface area contributed by atoms with E-state index < -0.39 is 17.7 Å². The highest BCUT2D eigenvalue weighted by atomic mass is 16.5. The second kappa shape index (κ2) is 4.44. The SMILES string of the molecule is COc1nc2n(n1)C(=O)C(c1ccccc1C)C(=O)N2. The second-order valence-electron chi connectivity index (χ2n) is 4.45. The highest BCUT2D eigenvalue weighted by Gasteiger charge is 2.38. The van der Waals surface area contributed by atoms with Crippen LogP contribution in [0.2, 0.25) is 0 Å². The first-order chi connectivity index (χ1) is 9.61. The molecular weight excluding hydrogens is 260 g/mol. The van der Waals surface area contributed by atoms with Crippen molar-refractivity contribution < 1.29 is 14.3 Å². The highest BCUT2D eigenvalue weighted by molar-refractivity contribution is 6.15. The summed E-state index contributed by atoms with van der Waals surface area (Å²) in [6, 6.07) is 7.30. The van der Waals surface area contributed by atoms with E-state index >= 15 is 0 Å². The van der Waals surface area contributed by atoms with E-state index in [1.54, 1.807) is 12.1 Å². The van der Waals surface area contributed by atoms with E-state index in [0.29, 0.717) is 5.56 Å². The summed E-state index contributed by atoms with van der Waals surface area (Å²) < 4.78 is 5.94. The summed E-state index contributed by atoms with van der Waals surface area (Å²) >= 11 is 0. The van der Waals surface area contributed by atoms with Crippen molar-refractivity contribution in [1.82, 2.24) is 14.8 Å². The van der Waals surface area contributed by atoms with Crippen LogP contribution in [0.15, 0.2) is 24.3 Å². The number of hydrogen-bond donors (Lipinski definition) is 1. The second-order valence-corrected chi connectivity index (χ2v) is 4.45. The van der Waals surface area contributed by atoms with Crippen LogP contribution < -0.4 is 10.1 Å². The van der Waals surface area contributed by atoms with Crippen LogP contribution in [0.3, 0.4) is 0 Å². The third-order valence-electron chi connectivity index (χ3n) is 3.22. The summed E-state index contributed by atoms with van der Waals surface area (Å²) in [6.45, 7) is 1.85. The fraction of sp³-hybridized carbons (Fsp3) is 0.231. The molecule has 7 nitrogen and oxygen atoms in total. The number of nitrogens with one attached hydrogen (secondary N) is 1. The molecule has 20 heavy (non-hydrogen) atoms. The number of rotatable bonds is 2. The van der Waals surface area contributed by atoms with E-state index in [1.807, 2.05) is 19.1 Å². The van der Waals surface area contributed by atoms with Gasteiger partial charge in [0.25, 0.3) is 5.91 Å². The van der Waals surface area contributed by atoms with Gasteiger partial charge in [-0.05, 0) is 18.1 Å². The molecule has 2 aromatic rings. The first kappa shape index (κ1) is 12.3. The zero-order valence-electron chi connectivity index (χ0n) is 11.0. The summed E-state index contributed by atoms with van der Waals surface area (Å²) in [5, 5.41) is 6.48. The number of carbonyl (C=O) groups excluding carboxylic acids is 2. The smallest absolute Gasteiger partial charge is 0.337 e. The summed E-state index contributed by atoms with van der Waals surface area (Å²) in [6.07, 6.45) is 0. The summed E-state index contributed by atoms with van der Waals surface area (Å²) in [5.41, 5.74) is 1.53. The first-order valence-electron chi connectivity index (χ1n) is 6.03. The molecule has 0 saturated carbocycles. The molecule has 1 unspecified atom stereocenters. The maximum absolute atomic E-state index is 12.5. The van der Waals surface area contributed by atoms with Gasteiger partial charge in [-0.2, -0.15) is 9.67 Å². The molecule has 2 heterocycles. The zero-order chi connectivity index (χ0) is 14.3. The number of amides is 1. The van der Waals surface area contributed by atoms with E-state index in [1.165, 1.54) is 7.11 Å². The average molecular weight is 272 g/mol. The van der Waals surface area contributed by atoms with Crippen molar-refractivity contribution in [2.75, 3.05) is 12.4 Å². The molecule has 1 amide bonds. The number of benzene rings is 1. The number of hydrogen-bond acceptors (Lipinski definition) is 5. The van der Waals surface area contributed by atoms with Crippen LogP contribution in [0.5, 0.6) is 6.01 Å². The normalized spacial score (nSPS) is 17.6. The number of aryl methyl sites for hydroxylation is 1. The van der Waals surface area contributed by atoms with Crippen molar-refractivity contribution >= 4 is 17.8 Å². The Morgan fingerprint density at radius 3 is 2.75 bits per heavy atom. The Morgan fingerprint density at radius 2 is 2.05 bits per heavy atom. The minimum Gasteiger partial charge on any atom is -0.466 e. The third-order valence-corrected chi connectivity index (χ3v) is 3.22. The molecule has 1 aromatic heterocycles. The molecular formula is C13H12N4O3. The Balaban J connectivity index is 2.08. The third kappa shape index (κ3) is 1.75. The number of ether oxygens (including phenoxy) is 1. The van der Waals surface area contributed by atoms with E-state index in [4.69, 9.17) is 4.74 Å². The van der Waals surface area contributed by atoms with Gasteiger partial charge in [0, 0.05) is 0 Å². The van der Waals surface area contributed by atoms with Crippen LogP contribution in [-0.4, -0.2) is 33.7 Å². The summed E-state index contributed by atoms with van der Waals surface area (Å²) in [4.78, 5) is 28.5. The van der Waals surface area contributed by atoms with Crippen LogP contribution >= 0.6 is 0 Å². The van der Waals surface area contributed by atoms with Crippen LogP contribution in [0.1, 0.15) is 21.8 Å². The molecule has 0 radical (unpaired) electrons. The minimum absolute atomic E-state index is 0.0408. The van der Waals surface area contributed by atoms with Gasteiger partial charge in [0.15, 0.2) is 0 Å². The molecule has 1 aliphatic rings. The van der Waals surface area contributed by atoms with Crippen molar-refractivity contribution in [2.45, 2.75) is 12.8 Å². The Labute approximate surface area is 114 Å². The molecule has 3 rings (SSSR count). The molecule has 0 saturated heterocycles. The van der Waals surface area contributed by atoms with Gasteiger partial charge in [0.05, 0.1) is 7.11 Å². The molecule has 1 atom stereocenters. The van der Waals surface area contributed by atoms with E-state index in [2.05, 4.69) is 15.4 Å². The van der Waals surface area contributed by atoms with Gasteiger partial charge in [-0.3, -0.25) is 14.9 Å². The number of anilines is 1. The lowest BCUT2D eigenvalue weighted by atomic mass is 9.92. The summed E-state index contributed by atoms with van der Waals surface area (Å²) in [7, 11) is 1.40. The van der Waals surface area contributed by atoms with Crippen molar-refractivity contribution in [1.29, 1.82) is 0 Å². The number of carbonyl (C=O) groups is 2. The Morgan fingerprint density at radius 1 is 1.30 bits per heavy atom. The number of fused-ring (bicyclic) bond motifs is 1. The topological polar surface area (TPSA) is 86.1 Å². The molecule has 0 spiro atoms. The van der Waals surface area contributed by atoms with Gasteiger partial charge in [-0.1, -0.05) is 24.3 Å². The van der Waals surface area contributed by atoms with Crippen molar-refractivity contribution in [2.24, 2.45) is 0 Å². The van der Waals surface area contributed by atoms with Gasteiger partial charge < -0.3 is 4.74 Å². The minimum atomic E-state index is -0.921. The Hall–Kier alpha value is -2.70. The van der Waals surface area contributed by atoms with Crippen molar-refractivity contribution in [3.63, 3.8) is 0 Å². The number of nitrogens with zero attached hydrogens (tertiary/aromatic N) is 3. The lowest BCUT2D eigenvalue weighted by molar-refractivity contribution is -0.117. The maximum Gasteiger partial charge on any atom is 0.337 e. The molecule has 102 valence electrons. The van der Waals surface area contributed by atoms with Crippen LogP contribution in [0.25, 0.3) is 0 Å². The largest absolute Gasteiger partial charge is 0.466 e. The van der Waals surface area contributed by atoms with Gasteiger partial charge in [-0.15, -0.1) is 5.10 Å². The molecule has 1 aromatic carbocycles. The Kier molecular flexibility index (Phi) is 2.74. The maximum atomic E-state index is 12.5. The fourth-order valence-corrected chi connectivity index (χ4v) is 2.22. The standard InChI is InChI=1S/C13H12N4O3/c1-7-5-3-4-6-8(7)9-10(18)14-12-15-13(20-2)16-17(12)11(9)19/h3-6,9H,1-2H3,(H,14,15,16,18). The molecule has 7 heteroatoms. The highest BCUT2D eigenvalue weighted by Crippen LogP contribution is 2.28. The predicted octanol–water partition coefficient (Wildman–Crippen LogP) is 0.971. The van der Waals surface area contributed by atoms with E-state index in [9.17, 15) is 9.59 Å². The van der Waals surface area contributed by atoms with Gasteiger partial charge >= 0.3 is 6.01 Å². The van der Waals surface area contributed by atoms with E-state index in [0.717, 1.165) is 10.2 Å². The predicted molar refractivity (Wildman–Crippen MR) is 69.8 cm³/mol. The zero-order valence-corrected chi connectivity index (χ0v) is 11.0. The summed E-state index contributed by atoms with van der Waals surface area (Å²) in [5.74, 6) is -1.68.